The van der Waals surface area contributed by atoms with E-state index in [0.717, 1.165) is 0 Å². The summed E-state index contributed by atoms with van der Waals surface area (Å²) in [7, 11) is 0. The number of benzene rings is 13. The Morgan fingerprint density at radius 3 is 1.01 bits per heavy atom. The lowest BCUT2D eigenvalue weighted by Crippen LogP contribution is -2.22. The van der Waals surface area contributed by atoms with Gasteiger partial charge in [-0.3, -0.25) is 0 Å². The van der Waals surface area contributed by atoms with Crippen molar-refractivity contribution in [1.82, 2.24) is 9.13 Å². The van der Waals surface area contributed by atoms with E-state index in [9.17, 15) is 0 Å². The summed E-state index contributed by atoms with van der Waals surface area (Å²) < 4.78 is 4.94. The lowest BCUT2D eigenvalue weighted by molar-refractivity contribution is 0.543. The molecule has 478 valence electrons. The lowest BCUT2D eigenvalue weighted by atomic mass is 9.74. The highest BCUT2D eigenvalue weighted by molar-refractivity contribution is 6.12. The molecule has 100 heavy (non-hydrogen) atoms. The fourth-order valence-electron chi connectivity index (χ4n) is 20.2. The lowest BCUT2D eigenvalue weighted by Gasteiger charge is -2.29. The van der Waals surface area contributed by atoms with E-state index in [4.69, 9.17) is 0 Å². The van der Waals surface area contributed by atoms with Crippen LogP contribution < -0.4 is 0 Å². The third-order valence-electron chi connectivity index (χ3n) is 25.2. The van der Waals surface area contributed by atoms with Crippen LogP contribution in [-0.2, 0) is 21.7 Å². The average Bonchev–Trinajstić information content (AvgIpc) is 1.53. The molecule has 2 saturated carbocycles. The Hall–Kier alpha value is -11.1. The summed E-state index contributed by atoms with van der Waals surface area (Å²) in [5.74, 6) is 0. The maximum absolute atomic E-state index is 2.70. The summed E-state index contributed by atoms with van der Waals surface area (Å²) in [6.45, 7) is 9.48. The van der Waals surface area contributed by atoms with Crippen LogP contribution in [-0.4, -0.2) is 9.13 Å². The van der Waals surface area contributed by atoms with Gasteiger partial charge in [-0.25, -0.2) is 0 Å². The molecule has 6 aliphatic carbocycles. The van der Waals surface area contributed by atoms with E-state index in [1.165, 1.54) is 218 Å². The Bertz CT molecular complexity index is 5700. The van der Waals surface area contributed by atoms with Crippen LogP contribution in [0, 0.1) is 0 Å². The minimum Gasteiger partial charge on any atom is -0.309 e. The molecule has 0 radical (unpaired) electrons. The Morgan fingerprint density at radius 2 is 0.570 bits per heavy atom. The molecule has 13 aromatic carbocycles. The van der Waals surface area contributed by atoms with E-state index >= 15 is 0 Å². The molecule has 6 aliphatic rings. The van der Waals surface area contributed by atoms with Crippen LogP contribution in [0.1, 0.15) is 146 Å². The third-order valence-corrected chi connectivity index (χ3v) is 25.2. The van der Waals surface area contributed by atoms with Crippen molar-refractivity contribution in [2.24, 2.45) is 0 Å². The molecule has 0 amide bonds. The van der Waals surface area contributed by atoms with Crippen LogP contribution in [0.3, 0.4) is 0 Å². The van der Waals surface area contributed by atoms with E-state index in [-0.39, 0.29) is 21.7 Å². The maximum Gasteiger partial charge on any atom is 0.0541 e. The van der Waals surface area contributed by atoms with Crippen molar-refractivity contribution in [2.75, 3.05) is 0 Å². The molecule has 21 rings (SSSR count). The number of hydrogen-bond donors (Lipinski definition) is 0. The number of nitrogens with zero attached hydrogens (tertiary/aromatic N) is 2. The second-order valence-electron chi connectivity index (χ2n) is 31.0. The summed E-state index contributed by atoms with van der Waals surface area (Å²) in [4.78, 5) is 0. The number of rotatable bonds is 8. The minimum absolute atomic E-state index is 0.0508. The molecule has 0 atom stereocenters. The Balaban J connectivity index is 0.538. The van der Waals surface area contributed by atoms with Crippen LogP contribution in [0.25, 0.3) is 146 Å². The first kappa shape index (κ1) is 58.0. The molecule has 0 bridgehead atoms. The van der Waals surface area contributed by atoms with E-state index < -0.39 is 0 Å². The number of para-hydroxylation sites is 2. The molecular formula is C98H76N2. The SMILES string of the molecule is CC1(C)c2ccccc2-c2ccc(-n3c4ccccc4c4cc(-c5ccc(/C=C/c6ccc7c(c6)C6(CCCC6)c6cc8c(cc6-7)C6(CCCC6)c6cc(/C=C/c7ccc(-c9ccc%10c(c9)c9ccccc9n%10-c9ccc%10c(c9)C(C)(C)c9ccccc9-%10)cc7)ccc6-8)cc5)ccc43)cc21. The molecule has 2 nitrogen and oxygen atoms in total. The highest BCUT2D eigenvalue weighted by Crippen LogP contribution is 2.64. The Morgan fingerprint density at radius 1 is 0.240 bits per heavy atom. The summed E-state index contributed by atoms with van der Waals surface area (Å²) in [6.07, 6.45) is 19.3. The number of fused-ring (bicyclic) bond motifs is 22. The molecular weight excluding hydrogens is 1210 g/mol. The van der Waals surface area contributed by atoms with Crippen LogP contribution in [0.2, 0.25) is 0 Å². The van der Waals surface area contributed by atoms with Crippen molar-refractivity contribution >= 4 is 67.9 Å². The predicted molar refractivity (Wildman–Crippen MR) is 421 cm³/mol. The molecule has 2 heterocycles. The fraction of sp³-hybridized carbons (Fsp3) is 0.163. The van der Waals surface area contributed by atoms with Crippen molar-refractivity contribution in [3.63, 3.8) is 0 Å². The molecule has 2 heteroatoms. The van der Waals surface area contributed by atoms with E-state index in [1.54, 1.807) is 22.3 Å². The zero-order valence-corrected chi connectivity index (χ0v) is 57.3. The van der Waals surface area contributed by atoms with Crippen molar-refractivity contribution in [3.05, 3.63) is 334 Å². The van der Waals surface area contributed by atoms with Gasteiger partial charge in [-0.2, -0.15) is 0 Å². The summed E-state index contributed by atoms with van der Waals surface area (Å²) in [5, 5.41) is 5.10. The largest absolute Gasteiger partial charge is 0.309 e. The van der Waals surface area contributed by atoms with Gasteiger partial charge in [0.15, 0.2) is 0 Å². The first-order valence-corrected chi connectivity index (χ1v) is 36.6. The van der Waals surface area contributed by atoms with E-state index in [0.29, 0.717) is 0 Å². The molecule has 0 aliphatic heterocycles. The van der Waals surface area contributed by atoms with Gasteiger partial charge in [0.1, 0.15) is 0 Å². The standard InChI is InChI=1S/C98H76N2/c1-95(2)83-21-9-5-17-71(83)73-45-41-69(57-85(73)95)99-91-23-11-7-19-77(91)81-55-67(39-47-93(81)99)65-35-29-61(30-36-65)25-27-63-33-43-75-79-59-90-80(60-89(79)97(87(75)53-63)49-13-14-50-97)76-44-34-64(54-88(76)98(90)51-15-16-52-98)28-26-62-31-37-66(38-32-62)68-40-48-94-82(56-68)78-20-8-12-24-92(78)100(94)70-42-46-74-72-18-6-10-22-84(72)96(3,4)86(74)58-70/h5-12,17-48,53-60H,13-16,49-52H2,1-4H3/b27-25+,28-26+. The van der Waals surface area contributed by atoms with Gasteiger partial charge in [0.05, 0.1) is 22.1 Å². The number of hydrogen-bond acceptors (Lipinski definition) is 0. The quantitative estimate of drug-likeness (QED) is 0.134. The van der Waals surface area contributed by atoms with E-state index in [1.807, 2.05) is 0 Å². The Labute approximate surface area is 585 Å². The van der Waals surface area contributed by atoms with E-state index in [2.05, 4.69) is 328 Å². The van der Waals surface area contributed by atoms with Crippen molar-refractivity contribution < 1.29 is 0 Å². The second-order valence-corrected chi connectivity index (χ2v) is 31.0. The third kappa shape index (κ3) is 8.25. The molecule has 0 N–H and O–H groups in total. The minimum atomic E-state index is -0.0641. The van der Waals surface area contributed by atoms with Crippen molar-refractivity contribution in [3.8, 4) is 78.1 Å². The first-order chi connectivity index (χ1) is 49.0. The number of aromatic nitrogens is 2. The average molecular weight is 1280 g/mol. The highest BCUT2D eigenvalue weighted by atomic mass is 15.0. The molecule has 2 aromatic heterocycles. The fourth-order valence-corrected chi connectivity index (χ4v) is 20.2. The molecule has 15 aromatic rings. The summed E-state index contributed by atoms with van der Waals surface area (Å²) in [6, 6.07) is 103. The monoisotopic (exact) mass is 1280 g/mol. The van der Waals surface area contributed by atoms with Gasteiger partial charge in [0, 0.05) is 54.6 Å². The van der Waals surface area contributed by atoms with Crippen LogP contribution in [0.5, 0.6) is 0 Å². The van der Waals surface area contributed by atoms with Crippen LogP contribution in [0.15, 0.2) is 267 Å². The maximum atomic E-state index is 2.70. The topological polar surface area (TPSA) is 9.86 Å². The summed E-state index contributed by atoms with van der Waals surface area (Å²) >= 11 is 0. The first-order valence-electron chi connectivity index (χ1n) is 36.6. The molecule has 2 spiro atoms. The normalized spacial score (nSPS) is 16.5. The molecule has 0 saturated heterocycles. The second kappa shape index (κ2) is 21.2. The van der Waals surface area contributed by atoms with Gasteiger partial charge in [-0.15, -0.1) is 0 Å². The van der Waals surface area contributed by atoms with Crippen LogP contribution >= 0.6 is 0 Å². The van der Waals surface area contributed by atoms with Gasteiger partial charge >= 0.3 is 0 Å². The zero-order chi connectivity index (χ0) is 66.4. The van der Waals surface area contributed by atoms with Crippen LogP contribution in [0.4, 0.5) is 0 Å². The van der Waals surface area contributed by atoms with Crippen molar-refractivity contribution in [1.29, 1.82) is 0 Å². The van der Waals surface area contributed by atoms with Crippen molar-refractivity contribution in [2.45, 2.75) is 101 Å². The van der Waals surface area contributed by atoms with Gasteiger partial charge in [-0.05, 0) is 232 Å². The smallest absolute Gasteiger partial charge is 0.0541 e. The predicted octanol–water partition coefficient (Wildman–Crippen LogP) is 25.8. The molecule has 2 fully saturated rings. The van der Waals surface area contributed by atoms with Gasteiger partial charge in [0.2, 0.25) is 0 Å². The zero-order valence-electron chi connectivity index (χ0n) is 57.3. The highest BCUT2D eigenvalue weighted by Gasteiger charge is 2.50. The Kier molecular flexibility index (Phi) is 12.3. The van der Waals surface area contributed by atoms with Gasteiger partial charge in [0.25, 0.3) is 0 Å². The van der Waals surface area contributed by atoms with Gasteiger partial charge in [-0.1, -0.05) is 272 Å². The summed E-state index contributed by atoms with van der Waals surface area (Å²) in [5.41, 5.74) is 40.3. The molecule has 0 unspecified atom stereocenters. The van der Waals surface area contributed by atoms with Gasteiger partial charge < -0.3 is 9.13 Å².